The number of nitriles is 1. The number of nitrogens with one attached hydrogen (secondary N) is 1. The molecule has 0 aliphatic heterocycles. The second kappa shape index (κ2) is 4.38. The van der Waals surface area contributed by atoms with E-state index in [4.69, 9.17) is 5.26 Å². The Bertz CT molecular complexity index is 404. The Morgan fingerprint density at radius 3 is 2.94 bits per heavy atom. The average Bonchev–Trinajstić information content (AvgIpc) is 2.64. The predicted octanol–water partition coefficient (Wildman–Crippen LogP) is 2.79. The molecular weight excluding hydrogens is 220 g/mol. The van der Waals surface area contributed by atoms with Gasteiger partial charge < -0.3 is 5.32 Å². The fraction of sp³-hybridized carbons (Fsp3) is 0.727. The standard InChI is InChI=1S/C11H16N4S/c1-11(2)5-3-4-8(6-11)13-10-15-14-9(7-12)16-10/h8H,3-6H2,1-2H3,(H,13,15). The van der Waals surface area contributed by atoms with Gasteiger partial charge in [-0.25, -0.2) is 0 Å². The van der Waals surface area contributed by atoms with Gasteiger partial charge in [-0.3, -0.25) is 0 Å². The highest BCUT2D eigenvalue weighted by atomic mass is 32.1. The molecule has 5 heteroatoms. The van der Waals surface area contributed by atoms with Crippen molar-refractivity contribution >= 4 is 16.5 Å². The molecule has 1 aromatic rings. The minimum Gasteiger partial charge on any atom is -0.357 e. The molecule has 1 fully saturated rings. The van der Waals surface area contributed by atoms with Crippen LogP contribution in [0, 0.1) is 16.7 Å². The van der Waals surface area contributed by atoms with Crippen molar-refractivity contribution in [2.24, 2.45) is 5.41 Å². The van der Waals surface area contributed by atoms with Crippen LogP contribution in [0.3, 0.4) is 0 Å². The van der Waals surface area contributed by atoms with E-state index in [2.05, 4.69) is 29.4 Å². The first-order chi connectivity index (χ1) is 7.59. The van der Waals surface area contributed by atoms with Crippen molar-refractivity contribution in [1.29, 1.82) is 5.26 Å². The highest BCUT2D eigenvalue weighted by Crippen LogP contribution is 2.36. The lowest BCUT2D eigenvalue weighted by Crippen LogP contribution is -2.31. The first-order valence-corrected chi connectivity index (χ1v) is 6.41. The highest BCUT2D eigenvalue weighted by molar-refractivity contribution is 7.15. The minimum atomic E-state index is 0.415. The number of hydrogen-bond donors (Lipinski definition) is 1. The summed E-state index contributed by atoms with van der Waals surface area (Å²) in [6, 6.07) is 2.48. The third kappa shape index (κ3) is 2.70. The maximum atomic E-state index is 8.67. The fourth-order valence-electron chi connectivity index (χ4n) is 2.32. The number of anilines is 1. The van der Waals surface area contributed by atoms with Crippen molar-refractivity contribution in [2.75, 3.05) is 5.32 Å². The molecule has 2 rings (SSSR count). The summed E-state index contributed by atoms with van der Waals surface area (Å²) in [7, 11) is 0. The molecule has 1 atom stereocenters. The number of hydrogen-bond acceptors (Lipinski definition) is 5. The smallest absolute Gasteiger partial charge is 0.219 e. The van der Waals surface area contributed by atoms with Crippen LogP contribution in [0.15, 0.2) is 0 Å². The fourth-order valence-corrected chi connectivity index (χ4v) is 2.94. The van der Waals surface area contributed by atoms with E-state index in [-0.39, 0.29) is 0 Å². The van der Waals surface area contributed by atoms with Crippen LogP contribution in [-0.2, 0) is 0 Å². The van der Waals surface area contributed by atoms with Gasteiger partial charge in [0.1, 0.15) is 6.07 Å². The molecule has 0 spiro atoms. The molecule has 1 aromatic heterocycles. The second-order valence-electron chi connectivity index (χ2n) is 5.13. The lowest BCUT2D eigenvalue weighted by molar-refractivity contribution is 0.229. The molecule has 0 aromatic carbocycles. The van der Waals surface area contributed by atoms with E-state index < -0.39 is 0 Å². The van der Waals surface area contributed by atoms with Crippen molar-refractivity contribution in [3.05, 3.63) is 5.01 Å². The molecule has 1 unspecified atom stereocenters. The molecule has 4 nitrogen and oxygen atoms in total. The number of aromatic nitrogens is 2. The third-order valence-electron chi connectivity index (χ3n) is 3.05. The Hall–Kier alpha value is -1.15. The summed E-state index contributed by atoms with van der Waals surface area (Å²) >= 11 is 1.33. The number of nitrogens with zero attached hydrogens (tertiary/aromatic N) is 3. The molecule has 1 saturated carbocycles. The van der Waals surface area contributed by atoms with Crippen molar-refractivity contribution in [3.8, 4) is 6.07 Å². The van der Waals surface area contributed by atoms with Crippen LogP contribution >= 0.6 is 11.3 Å². The molecule has 1 aliphatic carbocycles. The maximum Gasteiger partial charge on any atom is 0.219 e. The third-order valence-corrected chi connectivity index (χ3v) is 3.81. The van der Waals surface area contributed by atoms with Gasteiger partial charge in [-0.15, -0.1) is 10.2 Å². The lowest BCUT2D eigenvalue weighted by atomic mass is 9.75. The molecule has 1 N–H and O–H groups in total. The van der Waals surface area contributed by atoms with Crippen LogP contribution in [-0.4, -0.2) is 16.2 Å². The molecule has 0 bridgehead atoms. The van der Waals surface area contributed by atoms with E-state index in [1.54, 1.807) is 0 Å². The van der Waals surface area contributed by atoms with Gasteiger partial charge >= 0.3 is 0 Å². The zero-order valence-corrected chi connectivity index (χ0v) is 10.5. The van der Waals surface area contributed by atoms with E-state index in [0.717, 1.165) is 11.6 Å². The summed E-state index contributed by atoms with van der Waals surface area (Å²) in [5.74, 6) is 0. The Morgan fingerprint density at radius 2 is 2.31 bits per heavy atom. The predicted molar refractivity (Wildman–Crippen MR) is 64.3 cm³/mol. The van der Waals surface area contributed by atoms with E-state index in [0.29, 0.717) is 16.5 Å². The number of rotatable bonds is 2. The van der Waals surface area contributed by atoms with Crippen LogP contribution in [0.1, 0.15) is 44.5 Å². The summed E-state index contributed by atoms with van der Waals surface area (Å²) in [5, 5.41) is 21.0. The summed E-state index contributed by atoms with van der Waals surface area (Å²) in [6.45, 7) is 4.61. The maximum absolute atomic E-state index is 8.67. The Labute approximate surface area is 99.7 Å². The summed E-state index contributed by atoms with van der Waals surface area (Å²) in [4.78, 5) is 0. The summed E-state index contributed by atoms with van der Waals surface area (Å²) < 4.78 is 0. The summed E-state index contributed by atoms with van der Waals surface area (Å²) in [6.07, 6.45) is 4.90. The van der Waals surface area contributed by atoms with Crippen LogP contribution in [0.5, 0.6) is 0 Å². The Balaban J connectivity index is 1.97. The second-order valence-corrected chi connectivity index (χ2v) is 6.10. The molecule has 86 valence electrons. The van der Waals surface area contributed by atoms with Gasteiger partial charge in [0, 0.05) is 6.04 Å². The van der Waals surface area contributed by atoms with E-state index in [1.807, 2.05) is 6.07 Å². The van der Waals surface area contributed by atoms with Crippen LogP contribution < -0.4 is 5.32 Å². The quantitative estimate of drug-likeness (QED) is 0.857. The largest absolute Gasteiger partial charge is 0.357 e. The minimum absolute atomic E-state index is 0.415. The van der Waals surface area contributed by atoms with E-state index in [1.165, 1.54) is 30.6 Å². The van der Waals surface area contributed by atoms with E-state index >= 15 is 0 Å². The molecule has 0 saturated heterocycles. The van der Waals surface area contributed by atoms with Crippen molar-refractivity contribution < 1.29 is 0 Å². The molecular formula is C11H16N4S. The molecule has 0 radical (unpaired) electrons. The monoisotopic (exact) mass is 236 g/mol. The molecule has 1 aliphatic rings. The van der Waals surface area contributed by atoms with Gasteiger partial charge in [0.2, 0.25) is 10.1 Å². The van der Waals surface area contributed by atoms with Crippen molar-refractivity contribution in [3.63, 3.8) is 0 Å². The van der Waals surface area contributed by atoms with E-state index in [9.17, 15) is 0 Å². The Kier molecular flexibility index (Phi) is 3.10. The first kappa shape index (κ1) is 11.3. The van der Waals surface area contributed by atoms with Gasteiger partial charge in [-0.1, -0.05) is 31.6 Å². The van der Waals surface area contributed by atoms with Crippen molar-refractivity contribution in [2.45, 2.75) is 45.6 Å². The topological polar surface area (TPSA) is 61.6 Å². The average molecular weight is 236 g/mol. The zero-order chi connectivity index (χ0) is 11.6. The molecule has 16 heavy (non-hydrogen) atoms. The molecule has 1 heterocycles. The van der Waals surface area contributed by atoms with Gasteiger partial charge in [0.25, 0.3) is 0 Å². The van der Waals surface area contributed by atoms with Gasteiger partial charge in [-0.05, 0) is 24.7 Å². The van der Waals surface area contributed by atoms with Crippen LogP contribution in [0.25, 0.3) is 0 Å². The van der Waals surface area contributed by atoms with Crippen LogP contribution in [0.4, 0.5) is 5.13 Å². The van der Waals surface area contributed by atoms with Crippen LogP contribution in [0.2, 0.25) is 0 Å². The SMILES string of the molecule is CC1(C)CCCC(Nc2nnc(C#N)s2)C1. The molecule has 0 amide bonds. The lowest BCUT2D eigenvalue weighted by Gasteiger charge is -2.35. The first-order valence-electron chi connectivity index (χ1n) is 5.59. The van der Waals surface area contributed by atoms with Gasteiger partial charge in [0.15, 0.2) is 0 Å². The summed E-state index contributed by atoms with van der Waals surface area (Å²) in [5.41, 5.74) is 0.415. The zero-order valence-electron chi connectivity index (χ0n) is 9.66. The highest BCUT2D eigenvalue weighted by Gasteiger charge is 2.28. The van der Waals surface area contributed by atoms with Gasteiger partial charge in [0.05, 0.1) is 0 Å². The van der Waals surface area contributed by atoms with Gasteiger partial charge in [-0.2, -0.15) is 5.26 Å². The van der Waals surface area contributed by atoms with Crippen molar-refractivity contribution in [1.82, 2.24) is 10.2 Å². The normalized spacial score (nSPS) is 23.7. The Morgan fingerprint density at radius 1 is 1.50 bits per heavy atom.